The first kappa shape index (κ1) is 24.8. The number of carbonyl (C=O) groups is 1. The molecule has 2 fully saturated rings. The molecule has 0 radical (unpaired) electrons. The predicted octanol–water partition coefficient (Wildman–Crippen LogP) is 3.52. The molecule has 0 aliphatic carbocycles. The average molecular weight is 450 g/mol. The number of halogens is 4. The van der Waals surface area contributed by atoms with Gasteiger partial charge in [-0.1, -0.05) is 6.07 Å². The normalized spacial score (nSPS) is 18.9. The van der Waals surface area contributed by atoms with Gasteiger partial charge in [0, 0.05) is 52.1 Å². The van der Waals surface area contributed by atoms with Crippen molar-refractivity contribution < 1.29 is 22.7 Å². The van der Waals surface area contributed by atoms with Crippen molar-refractivity contribution in [3.8, 4) is 0 Å². The quantitative estimate of drug-likeness (QED) is 0.665. The van der Waals surface area contributed by atoms with Gasteiger partial charge in [-0.05, 0) is 49.9 Å². The lowest BCUT2D eigenvalue weighted by molar-refractivity contribution is -0.138. The first-order valence-electron chi connectivity index (χ1n) is 10.3. The number of methoxy groups -OCH3 is 1. The summed E-state index contributed by atoms with van der Waals surface area (Å²) in [4.78, 5) is 18.2. The Morgan fingerprint density at radius 3 is 2.37 bits per heavy atom. The highest BCUT2D eigenvalue weighted by Crippen LogP contribution is 2.32. The van der Waals surface area contributed by atoms with E-state index in [4.69, 9.17) is 4.74 Å². The number of carbonyl (C=O) groups excluding carboxylic acids is 1. The number of alkyl halides is 3. The van der Waals surface area contributed by atoms with Gasteiger partial charge in [-0.25, -0.2) is 0 Å². The molecule has 0 bridgehead atoms. The second-order valence-corrected chi connectivity index (χ2v) is 7.92. The second kappa shape index (κ2) is 11.2. The number of likely N-dealkylation sites (tertiary alicyclic amines) is 1. The minimum Gasteiger partial charge on any atom is -0.375 e. The van der Waals surface area contributed by atoms with Crippen molar-refractivity contribution in [1.29, 1.82) is 0 Å². The summed E-state index contributed by atoms with van der Waals surface area (Å²) in [5.41, 5.74) is 0.0559. The first-order valence-corrected chi connectivity index (χ1v) is 10.3. The van der Waals surface area contributed by atoms with Gasteiger partial charge in [-0.3, -0.25) is 9.69 Å². The van der Waals surface area contributed by atoms with Crippen LogP contribution in [0, 0.1) is 5.92 Å². The highest BCUT2D eigenvalue weighted by atomic mass is 35.5. The SMILES string of the molecule is COCC(=O)N1CCC(CCN2CCN(c3cccc(C(F)(F)F)c3)CC2)CC1.Cl. The van der Waals surface area contributed by atoms with Crippen molar-refractivity contribution in [3.63, 3.8) is 0 Å². The summed E-state index contributed by atoms with van der Waals surface area (Å²) in [6, 6.07) is 5.60. The fraction of sp³-hybridized carbons (Fsp3) is 0.667. The van der Waals surface area contributed by atoms with Crippen LogP contribution in [-0.2, 0) is 15.7 Å². The molecule has 2 aliphatic heterocycles. The Morgan fingerprint density at radius 2 is 1.77 bits per heavy atom. The van der Waals surface area contributed by atoms with E-state index in [2.05, 4.69) is 4.90 Å². The lowest BCUT2D eigenvalue weighted by Crippen LogP contribution is -2.47. The molecular formula is C21H31ClF3N3O2. The predicted molar refractivity (Wildman–Crippen MR) is 113 cm³/mol. The number of rotatable bonds is 6. The van der Waals surface area contributed by atoms with Gasteiger partial charge in [-0.15, -0.1) is 12.4 Å². The van der Waals surface area contributed by atoms with E-state index in [9.17, 15) is 18.0 Å². The molecule has 0 unspecified atom stereocenters. The van der Waals surface area contributed by atoms with Crippen LogP contribution in [0.2, 0.25) is 0 Å². The number of nitrogens with zero attached hydrogens (tertiary/aromatic N) is 3. The van der Waals surface area contributed by atoms with Crippen LogP contribution in [0.4, 0.5) is 18.9 Å². The first-order chi connectivity index (χ1) is 13.9. The number of hydrogen-bond donors (Lipinski definition) is 0. The topological polar surface area (TPSA) is 36.0 Å². The highest BCUT2D eigenvalue weighted by molar-refractivity contribution is 5.85. The molecule has 0 spiro atoms. The van der Waals surface area contributed by atoms with Crippen LogP contribution in [0.1, 0.15) is 24.8 Å². The third-order valence-corrected chi connectivity index (χ3v) is 6.00. The molecule has 1 aromatic carbocycles. The maximum Gasteiger partial charge on any atom is 0.416 e. The van der Waals surface area contributed by atoms with Gasteiger partial charge in [0.05, 0.1) is 5.56 Å². The highest BCUT2D eigenvalue weighted by Gasteiger charge is 2.31. The molecule has 0 atom stereocenters. The summed E-state index contributed by atoms with van der Waals surface area (Å²) in [7, 11) is 1.54. The van der Waals surface area contributed by atoms with E-state index in [1.807, 2.05) is 9.80 Å². The molecular weight excluding hydrogens is 419 g/mol. The average Bonchev–Trinajstić information content (AvgIpc) is 2.73. The number of piperidine rings is 1. The van der Waals surface area contributed by atoms with E-state index in [0.29, 0.717) is 11.6 Å². The Balaban J connectivity index is 0.00000320. The summed E-state index contributed by atoms with van der Waals surface area (Å²) in [6.45, 7) is 5.97. The number of anilines is 1. The molecule has 0 N–H and O–H groups in total. The summed E-state index contributed by atoms with van der Waals surface area (Å²) in [5, 5.41) is 0. The van der Waals surface area contributed by atoms with Gasteiger partial charge < -0.3 is 14.5 Å². The number of amides is 1. The maximum absolute atomic E-state index is 12.9. The Labute approximate surface area is 182 Å². The molecule has 5 nitrogen and oxygen atoms in total. The number of piperazine rings is 1. The zero-order chi connectivity index (χ0) is 20.9. The van der Waals surface area contributed by atoms with Crippen LogP contribution in [-0.4, -0.2) is 75.2 Å². The van der Waals surface area contributed by atoms with Crippen LogP contribution < -0.4 is 4.90 Å². The molecule has 1 amide bonds. The van der Waals surface area contributed by atoms with Crippen molar-refractivity contribution in [2.24, 2.45) is 5.92 Å². The van der Waals surface area contributed by atoms with Crippen molar-refractivity contribution in [2.75, 3.05) is 64.4 Å². The monoisotopic (exact) mass is 449 g/mol. The van der Waals surface area contributed by atoms with E-state index in [-0.39, 0.29) is 24.9 Å². The zero-order valence-corrected chi connectivity index (χ0v) is 18.2. The number of ether oxygens (including phenoxy) is 1. The summed E-state index contributed by atoms with van der Waals surface area (Å²) in [6.07, 6.45) is -1.14. The van der Waals surface area contributed by atoms with E-state index in [0.717, 1.165) is 71.1 Å². The van der Waals surface area contributed by atoms with Crippen molar-refractivity contribution >= 4 is 24.0 Å². The number of hydrogen-bond acceptors (Lipinski definition) is 4. The molecule has 0 saturated carbocycles. The molecule has 170 valence electrons. The van der Waals surface area contributed by atoms with Gasteiger partial charge in [-0.2, -0.15) is 13.2 Å². The van der Waals surface area contributed by atoms with Crippen molar-refractivity contribution in [2.45, 2.75) is 25.4 Å². The van der Waals surface area contributed by atoms with Gasteiger partial charge >= 0.3 is 6.18 Å². The third-order valence-electron chi connectivity index (χ3n) is 6.00. The molecule has 2 heterocycles. The summed E-state index contributed by atoms with van der Waals surface area (Å²) < 4.78 is 43.7. The van der Waals surface area contributed by atoms with Crippen LogP contribution >= 0.6 is 12.4 Å². The summed E-state index contributed by atoms with van der Waals surface area (Å²) >= 11 is 0. The molecule has 30 heavy (non-hydrogen) atoms. The minimum atomic E-state index is -4.30. The van der Waals surface area contributed by atoms with E-state index in [1.54, 1.807) is 6.07 Å². The Bertz CT molecular complexity index is 674. The van der Waals surface area contributed by atoms with Crippen molar-refractivity contribution in [3.05, 3.63) is 29.8 Å². The lowest BCUT2D eigenvalue weighted by atomic mass is 9.93. The van der Waals surface area contributed by atoms with Gasteiger partial charge in [0.15, 0.2) is 0 Å². The van der Waals surface area contributed by atoms with Crippen LogP contribution in [0.15, 0.2) is 24.3 Å². The van der Waals surface area contributed by atoms with E-state index < -0.39 is 11.7 Å². The standard InChI is InChI=1S/C21H30F3N3O2.ClH/c1-29-16-20(28)27-9-6-17(7-10-27)5-8-25-11-13-26(14-12-25)19-4-2-3-18(15-19)21(22,23)24;/h2-4,15,17H,5-14,16H2,1H3;1H. The van der Waals surface area contributed by atoms with E-state index in [1.165, 1.54) is 19.2 Å². The minimum absolute atomic E-state index is 0. The summed E-state index contributed by atoms with van der Waals surface area (Å²) in [5.74, 6) is 0.694. The fourth-order valence-electron chi connectivity index (χ4n) is 4.16. The van der Waals surface area contributed by atoms with Crippen LogP contribution in [0.5, 0.6) is 0 Å². The molecule has 3 rings (SSSR count). The maximum atomic E-state index is 12.9. The largest absolute Gasteiger partial charge is 0.416 e. The Morgan fingerprint density at radius 1 is 1.10 bits per heavy atom. The van der Waals surface area contributed by atoms with Crippen molar-refractivity contribution in [1.82, 2.24) is 9.80 Å². The van der Waals surface area contributed by atoms with Gasteiger partial charge in [0.1, 0.15) is 6.61 Å². The molecule has 1 aromatic rings. The van der Waals surface area contributed by atoms with Crippen LogP contribution in [0.25, 0.3) is 0 Å². The van der Waals surface area contributed by atoms with Crippen LogP contribution in [0.3, 0.4) is 0 Å². The Kier molecular flexibility index (Phi) is 9.25. The Hall–Kier alpha value is -1.51. The third kappa shape index (κ3) is 6.75. The fourth-order valence-corrected chi connectivity index (χ4v) is 4.16. The van der Waals surface area contributed by atoms with Gasteiger partial charge in [0.25, 0.3) is 0 Å². The molecule has 0 aromatic heterocycles. The smallest absolute Gasteiger partial charge is 0.375 e. The molecule has 9 heteroatoms. The number of benzene rings is 1. The molecule has 2 aliphatic rings. The van der Waals surface area contributed by atoms with E-state index >= 15 is 0 Å². The lowest BCUT2D eigenvalue weighted by Gasteiger charge is -2.37. The van der Waals surface area contributed by atoms with Gasteiger partial charge in [0.2, 0.25) is 5.91 Å². The second-order valence-electron chi connectivity index (χ2n) is 7.92. The molecule has 2 saturated heterocycles. The zero-order valence-electron chi connectivity index (χ0n) is 17.4.